The van der Waals surface area contributed by atoms with Crippen LogP contribution in [-0.4, -0.2) is 16.6 Å². The lowest BCUT2D eigenvalue weighted by molar-refractivity contribution is 0.128. The third kappa shape index (κ3) is 3.11. The Morgan fingerprint density at radius 2 is 2.05 bits per heavy atom. The maximum Gasteiger partial charge on any atom is 0.251 e. The maximum atomic E-state index is 14.1. The Morgan fingerprint density at radius 3 is 2.70 bits per heavy atom. The lowest BCUT2D eigenvalue weighted by Crippen LogP contribution is -2.13. The molecule has 1 aromatic carbocycles. The van der Waals surface area contributed by atoms with Crippen LogP contribution in [0.4, 0.5) is 4.39 Å². The van der Waals surface area contributed by atoms with Gasteiger partial charge in [-0.15, -0.1) is 0 Å². The Balaban J connectivity index is 2.53. The average molecular weight is 276 g/mol. The van der Waals surface area contributed by atoms with Gasteiger partial charge in [0.2, 0.25) is 0 Å². The summed E-state index contributed by atoms with van der Waals surface area (Å²) >= 11 is 0. The first-order valence-electron chi connectivity index (χ1n) is 6.46. The fraction of sp³-hybridized carbons (Fsp3) is 0.333. The Kier molecular flexibility index (Phi) is 4.29. The molecular formula is C15H17FN2O2. The number of aryl methyl sites for hydroxylation is 2. The molecule has 0 bridgehead atoms. The third-order valence-corrected chi connectivity index (χ3v) is 2.92. The van der Waals surface area contributed by atoms with Crippen LogP contribution in [-0.2, 0) is 11.3 Å². The van der Waals surface area contributed by atoms with Gasteiger partial charge in [0.05, 0.1) is 5.69 Å². The van der Waals surface area contributed by atoms with Crippen molar-refractivity contribution in [3.05, 3.63) is 51.3 Å². The minimum absolute atomic E-state index is 0.201. The van der Waals surface area contributed by atoms with E-state index in [-0.39, 0.29) is 18.0 Å². The van der Waals surface area contributed by atoms with E-state index in [0.29, 0.717) is 23.7 Å². The van der Waals surface area contributed by atoms with Crippen molar-refractivity contribution in [3.63, 3.8) is 0 Å². The van der Waals surface area contributed by atoms with Gasteiger partial charge in [-0.1, -0.05) is 6.07 Å². The van der Waals surface area contributed by atoms with Crippen molar-refractivity contribution in [3.8, 4) is 11.3 Å². The summed E-state index contributed by atoms with van der Waals surface area (Å²) < 4.78 is 19.3. The van der Waals surface area contributed by atoms with Crippen molar-refractivity contribution in [1.82, 2.24) is 9.97 Å². The van der Waals surface area contributed by atoms with Gasteiger partial charge in [0.1, 0.15) is 18.2 Å². The summed E-state index contributed by atoms with van der Waals surface area (Å²) in [5, 5.41) is 0. The van der Waals surface area contributed by atoms with Crippen LogP contribution in [0.5, 0.6) is 0 Å². The molecule has 0 unspecified atom stereocenters. The molecule has 2 rings (SSSR count). The predicted molar refractivity (Wildman–Crippen MR) is 75.1 cm³/mol. The molecule has 0 saturated carbocycles. The second-order valence-corrected chi connectivity index (χ2v) is 4.65. The van der Waals surface area contributed by atoms with Crippen LogP contribution in [0.1, 0.15) is 23.9 Å². The van der Waals surface area contributed by atoms with Crippen molar-refractivity contribution in [2.24, 2.45) is 0 Å². The van der Waals surface area contributed by atoms with Gasteiger partial charge in [-0.3, -0.25) is 4.79 Å². The number of ether oxygens (including phenoxy) is 1. The number of halogens is 1. The zero-order chi connectivity index (χ0) is 14.7. The van der Waals surface area contributed by atoms with Crippen LogP contribution in [0.3, 0.4) is 0 Å². The first kappa shape index (κ1) is 14.4. The molecule has 5 heteroatoms. The molecule has 0 aliphatic heterocycles. The topological polar surface area (TPSA) is 55.0 Å². The summed E-state index contributed by atoms with van der Waals surface area (Å²) in [6.45, 7) is 6.20. The highest BCUT2D eigenvalue weighted by molar-refractivity contribution is 5.64. The Hall–Kier alpha value is -2.01. The summed E-state index contributed by atoms with van der Waals surface area (Å²) in [5.41, 5.74) is 1.97. The minimum atomic E-state index is -0.372. The van der Waals surface area contributed by atoms with Crippen LogP contribution in [0.25, 0.3) is 11.3 Å². The van der Waals surface area contributed by atoms with Gasteiger partial charge in [0.15, 0.2) is 0 Å². The molecule has 0 radical (unpaired) electrons. The van der Waals surface area contributed by atoms with Crippen molar-refractivity contribution >= 4 is 0 Å². The van der Waals surface area contributed by atoms with E-state index in [9.17, 15) is 9.18 Å². The molecule has 106 valence electrons. The molecular weight excluding hydrogens is 259 g/mol. The number of nitrogens with zero attached hydrogens (tertiary/aromatic N) is 1. The van der Waals surface area contributed by atoms with E-state index in [2.05, 4.69) is 9.97 Å². The lowest BCUT2D eigenvalue weighted by atomic mass is 10.0. The van der Waals surface area contributed by atoms with E-state index >= 15 is 0 Å². The van der Waals surface area contributed by atoms with E-state index in [1.165, 1.54) is 12.1 Å². The number of hydrogen-bond donors (Lipinski definition) is 1. The molecule has 0 amide bonds. The normalized spacial score (nSPS) is 10.8. The van der Waals surface area contributed by atoms with Crippen LogP contribution in [0.2, 0.25) is 0 Å². The average Bonchev–Trinajstić information content (AvgIpc) is 2.34. The summed E-state index contributed by atoms with van der Waals surface area (Å²) in [4.78, 5) is 18.5. The lowest BCUT2D eigenvalue weighted by Gasteiger charge is -2.09. The standard InChI is InChI=1S/C15H17FN2O2/c1-4-20-8-13-17-12(7-14(19)18-13)15-10(3)5-9(2)6-11(15)16/h5-7H,4,8H2,1-3H3,(H,17,18,19). The fourth-order valence-electron chi connectivity index (χ4n) is 2.14. The number of aromatic amines is 1. The molecule has 0 atom stereocenters. The van der Waals surface area contributed by atoms with E-state index in [1.807, 2.05) is 19.9 Å². The van der Waals surface area contributed by atoms with Gasteiger partial charge in [0.25, 0.3) is 5.56 Å². The van der Waals surface area contributed by atoms with Crippen molar-refractivity contribution in [2.45, 2.75) is 27.4 Å². The van der Waals surface area contributed by atoms with Crippen molar-refractivity contribution in [2.75, 3.05) is 6.61 Å². The highest BCUT2D eigenvalue weighted by Gasteiger charge is 2.12. The molecule has 0 spiro atoms. The fourth-order valence-corrected chi connectivity index (χ4v) is 2.14. The predicted octanol–water partition coefficient (Wildman–Crippen LogP) is 2.73. The second-order valence-electron chi connectivity index (χ2n) is 4.65. The molecule has 0 fully saturated rings. The SMILES string of the molecule is CCOCc1nc(-c2c(C)cc(C)cc2F)cc(=O)[nH]1. The summed E-state index contributed by atoms with van der Waals surface area (Å²) in [6.07, 6.45) is 0. The first-order valence-corrected chi connectivity index (χ1v) is 6.46. The van der Waals surface area contributed by atoms with Crippen LogP contribution in [0.15, 0.2) is 23.0 Å². The van der Waals surface area contributed by atoms with Gasteiger partial charge >= 0.3 is 0 Å². The van der Waals surface area contributed by atoms with E-state index in [0.717, 1.165) is 11.1 Å². The van der Waals surface area contributed by atoms with Gasteiger partial charge < -0.3 is 9.72 Å². The highest BCUT2D eigenvalue weighted by atomic mass is 19.1. The number of hydrogen-bond acceptors (Lipinski definition) is 3. The van der Waals surface area contributed by atoms with Gasteiger partial charge in [-0.25, -0.2) is 9.37 Å². The smallest absolute Gasteiger partial charge is 0.251 e. The highest BCUT2D eigenvalue weighted by Crippen LogP contribution is 2.25. The number of benzene rings is 1. The van der Waals surface area contributed by atoms with Crippen LogP contribution >= 0.6 is 0 Å². The zero-order valence-corrected chi connectivity index (χ0v) is 11.8. The first-order chi connectivity index (χ1) is 9.51. The Labute approximate surface area is 116 Å². The van der Waals surface area contributed by atoms with Gasteiger partial charge in [0, 0.05) is 18.2 Å². The Bertz CT molecular complexity index is 657. The number of H-pyrrole nitrogens is 1. The molecule has 4 nitrogen and oxygen atoms in total. The second kappa shape index (κ2) is 5.96. The monoisotopic (exact) mass is 276 g/mol. The van der Waals surface area contributed by atoms with E-state index in [4.69, 9.17) is 4.74 Å². The molecule has 2 aromatic rings. The minimum Gasteiger partial charge on any atom is -0.374 e. The molecule has 0 aliphatic rings. The Morgan fingerprint density at radius 1 is 1.30 bits per heavy atom. The number of aromatic nitrogens is 2. The van der Waals surface area contributed by atoms with E-state index in [1.54, 1.807) is 6.92 Å². The largest absolute Gasteiger partial charge is 0.374 e. The van der Waals surface area contributed by atoms with Crippen LogP contribution < -0.4 is 5.56 Å². The summed E-state index contributed by atoms with van der Waals surface area (Å²) in [7, 11) is 0. The molecule has 1 heterocycles. The van der Waals surface area contributed by atoms with Gasteiger partial charge in [-0.2, -0.15) is 0 Å². The molecule has 1 aromatic heterocycles. The molecule has 1 N–H and O–H groups in total. The summed E-state index contributed by atoms with van der Waals surface area (Å²) in [6, 6.07) is 4.60. The number of nitrogens with one attached hydrogen (secondary N) is 1. The maximum absolute atomic E-state index is 14.1. The van der Waals surface area contributed by atoms with E-state index < -0.39 is 0 Å². The molecule has 0 aliphatic carbocycles. The number of rotatable bonds is 4. The third-order valence-electron chi connectivity index (χ3n) is 2.92. The molecule has 20 heavy (non-hydrogen) atoms. The molecule has 0 saturated heterocycles. The van der Waals surface area contributed by atoms with Crippen molar-refractivity contribution < 1.29 is 9.13 Å². The van der Waals surface area contributed by atoms with Crippen molar-refractivity contribution in [1.29, 1.82) is 0 Å². The zero-order valence-electron chi connectivity index (χ0n) is 11.8. The summed E-state index contributed by atoms with van der Waals surface area (Å²) in [5.74, 6) is 0.0247. The van der Waals surface area contributed by atoms with Gasteiger partial charge in [-0.05, 0) is 38.0 Å². The van der Waals surface area contributed by atoms with Crippen LogP contribution in [0, 0.1) is 19.7 Å². The quantitative estimate of drug-likeness (QED) is 0.934.